The van der Waals surface area contributed by atoms with E-state index >= 15 is 0 Å². The lowest BCUT2D eigenvalue weighted by Crippen LogP contribution is -2.33. The molecule has 80 valence electrons. The van der Waals surface area contributed by atoms with Gasteiger partial charge in [-0.2, -0.15) is 0 Å². The molecule has 0 spiro atoms. The summed E-state index contributed by atoms with van der Waals surface area (Å²) in [4.78, 5) is 0. The molecule has 1 heterocycles. The van der Waals surface area contributed by atoms with Crippen molar-refractivity contribution in [2.45, 2.75) is 37.9 Å². The van der Waals surface area contributed by atoms with E-state index in [0.717, 1.165) is 25.2 Å². The highest BCUT2D eigenvalue weighted by Crippen LogP contribution is 2.37. The van der Waals surface area contributed by atoms with Crippen molar-refractivity contribution in [1.29, 1.82) is 0 Å². The van der Waals surface area contributed by atoms with Crippen LogP contribution in [0.5, 0.6) is 0 Å². The molecule has 0 saturated heterocycles. The van der Waals surface area contributed by atoms with Gasteiger partial charge >= 0.3 is 0 Å². The van der Waals surface area contributed by atoms with Gasteiger partial charge in [0, 0.05) is 7.11 Å². The van der Waals surface area contributed by atoms with Crippen LogP contribution >= 0.6 is 0 Å². The zero-order chi connectivity index (χ0) is 9.97. The summed E-state index contributed by atoms with van der Waals surface area (Å²) in [5.41, 5.74) is 0. The minimum absolute atomic E-state index is 0.0700. The van der Waals surface area contributed by atoms with Crippen molar-refractivity contribution < 1.29 is 14.6 Å². The van der Waals surface area contributed by atoms with Gasteiger partial charge in [0.05, 0.1) is 12.7 Å². The Labute approximate surface area is 84.7 Å². The molecule has 2 atom stereocenters. The number of allylic oxidation sites excluding steroid dienone is 1. The molecule has 1 aliphatic carbocycles. The Morgan fingerprint density at radius 2 is 2.36 bits per heavy atom. The molecule has 0 aromatic carbocycles. The van der Waals surface area contributed by atoms with Gasteiger partial charge in [0.15, 0.2) is 0 Å². The Morgan fingerprint density at radius 1 is 1.57 bits per heavy atom. The van der Waals surface area contributed by atoms with Crippen molar-refractivity contribution in [3.63, 3.8) is 0 Å². The number of ether oxygens (including phenoxy) is 2. The molecule has 1 saturated carbocycles. The molecular weight excluding hydrogens is 180 g/mol. The molecule has 1 aliphatic heterocycles. The number of rotatable bonds is 4. The van der Waals surface area contributed by atoms with Gasteiger partial charge in [-0.25, -0.2) is 0 Å². The van der Waals surface area contributed by atoms with Crippen LogP contribution in [-0.2, 0) is 9.47 Å². The zero-order valence-electron chi connectivity index (χ0n) is 8.61. The van der Waals surface area contributed by atoms with Crippen LogP contribution in [0.2, 0.25) is 0 Å². The van der Waals surface area contributed by atoms with E-state index in [9.17, 15) is 5.11 Å². The van der Waals surface area contributed by atoms with E-state index in [1.165, 1.54) is 12.8 Å². The maximum absolute atomic E-state index is 10.0. The van der Waals surface area contributed by atoms with Crippen LogP contribution < -0.4 is 0 Å². The van der Waals surface area contributed by atoms with Gasteiger partial charge in [-0.05, 0) is 37.7 Å². The second-order valence-electron chi connectivity index (χ2n) is 4.08. The Balaban J connectivity index is 1.97. The lowest BCUT2D eigenvalue weighted by molar-refractivity contribution is -0.0356. The summed E-state index contributed by atoms with van der Waals surface area (Å²) in [7, 11) is 1.66. The Kier molecular flexibility index (Phi) is 3.08. The number of hydrogen-bond acceptors (Lipinski definition) is 3. The van der Waals surface area contributed by atoms with Gasteiger partial charge in [-0.1, -0.05) is 0 Å². The number of aliphatic hydroxyl groups is 1. The summed E-state index contributed by atoms with van der Waals surface area (Å²) in [5, 5.41) is 10.0. The molecule has 1 N–H and O–H groups in total. The monoisotopic (exact) mass is 198 g/mol. The maximum atomic E-state index is 10.0. The van der Waals surface area contributed by atoms with Crippen molar-refractivity contribution in [2.75, 3.05) is 13.7 Å². The SMILES string of the molecule is COC(C1CC1)C(O)C1=CCCCO1. The molecule has 2 aliphatic rings. The van der Waals surface area contributed by atoms with Crippen LogP contribution in [0, 0.1) is 5.92 Å². The molecule has 0 radical (unpaired) electrons. The fraction of sp³-hybridized carbons (Fsp3) is 0.818. The first-order valence-electron chi connectivity index (χ1n) is 5.36. The average molecular weight is 198 g/mol. The lowest BCUT2D eigenvalue weighted by atomic mass is 10.1. The van der Waals surface area contributed by atoms with Crippen LogP contribution in [0.3, 0.4) is 0 Å². The van der Waals surface area contributed by atoms with Crippen LogP contribution in [0.15, 0.2) is 11.8 Å². The maximum Gasteiger partial charge on any atom is 0.137 e. The lowest BCUT2D eigenvalue weighted by Gasteiger charge is -2.25. The average Bonchev–Trinajstić information content (AvgIpc) is 3.04. The summed E-state index contributed by atoms with van der Waals surface area (Å²) in [5.74, 6) is 1.25. The first kappa shape index (κ1) is 9.99. The first-order chi connectivity index (χ1) is 6.83. The highest BCUT2D eigenvalue weighted by molar-refractivity contribution is 5.07. The van der Waals surface area contributed by atoms with Gasteiger partial charge < -0.3 is 14.6 Å². The molecule has 0 bridgehead atoms. The van der Waals surface area contributed by atoms with E-state index in [-0.39, 0.29) is 6.10 Å². The van der Waals surface area contributed by atoms with Crippen molar-refractivity contribution in [3.05, 3.63) is 11.8 Å². The van der Waals surface area contributed by atoms with Crippen LogP contribution in [-0.4, -0.2) is 31.0 Å². The standard InChI is InChI=1S/C11H18O3/c1-13-11(8-5-6-8)10(12)9-4-2-3-7-14-9/h4,8,10-12H,2-3,5-7H2,1H3. The Morgan fingerprint density at radius 3 is 2.86 bits per heavy atom. The molecule has 2 unspecified atom stereocenters. The molecule has 1 fully saturated rings. The van der Waals surface area contributed by atoms with Crippen molar-refractivity contribution in [2.24, 2.45) is 5.92 Å². The number of aliphatic hydroxyl groups excluding tert-OH is 1. The van der Waals surface area contributed by atoms with E-state index in [1.54, 1.807) is 7.11 Å². The minimum Gasteiger partial charge on any atom is -0.495 e. The summed E-state index contributed by atoms with van der Waals surface area (Å²) in [6, 6.07) is 0. The van der Waals surface area contributed by atoms with Gasteiger partial charge in [-0.15, -0.1) is 0 Å². The molecule has 3 heteroatoms. The molecular formula is C11H18O3. The summed E-state index contributed by atoms with van der Waals surface area (Å²) in [6.45, 7) is 0.726. The largest absolute Gasteiger partial charge is 0.495 e. The zero-order valence-corrected chi connectivity index (χ0v) is 8.61. The highest BCUT2D eigenvalue weighted by atomic mass is 16.5. The smallest absolute Gasteiger partial charge is 0.137 e. The third-order valence-corrected chi connectivity index (χ3v) is 2.92. The van der Waals surface area contributed by atoms with Gasteiger partial charge in [0.1, 0.15) is 11.9 Å². The van der Waals surface area contributed by atoms with Crippen LogP contribution in [0.25, 0.3) is 0 Å². The second kappa shape index (κ2) is 4.32. The fourth-order valence-corrected chi connectivity index (χ4v) is 1.95. The van der Waals surface area contributed by atoms with E-state index < -0.39 is 6.10 Å². The molecule has 14 heavy (non-hydrogen) atoms. The molecule has 2 rings (SSSR count). The van der Waals surface area contributed by atoms with Gasteiger partial charge in [0.2, 0.25) is 0 Å². The van der Waals surface area contributed by atoms with Crippen LogP contribution in [0.4, 0.5) is 0 Å². The second-order valence-corrected chi connectivity index (χ2v) is 4.08. The normalized spacial score (nSPS) is 26.3. The fourth-order valence-electron chi connectivity index (χ4n) is 1.95. The van der Waals surface area contributed by atoms with E-state index in [0.29, 0.717) is 5.92 Å². The summed E-state index contributed by atoms with van der Waals surface area (Å²) >= 11 is 0. The highest BCUT2D eigenvalue weighted by Gasteiger charge is 2.38. The predicted octanol–water partition coefficient (Wildman–Crippen LogP) is 1.47. The summed E-state index contributed by atoms with van der Waals surface area (Å²) < 4.78 is 10.7. The van der Waals surface area contributed by atoms with Crippen molar-refractivity contribution >= 4 is 0 Å². The Hall–Kier alpha value is -0.540. The van der Waals surface area contributed by atoms with Crippen molar-refractivity contribution in [3.8, 4) is 0 Å². The third kappa shape index (κ3) is 2.10. The molecule has 3 nitrogen and oxygen atoms in total. The van der Waals surface area contributed by atoms with E-state index in [1.807, 2.05) is 6.08 Å². The summed E-state index contributed by atoms with van der Waals surface area (Å²) in [6.07, 6.45) is 5.76. The van der Waals surface area contributed by atoms with Crippen LogP contribution in [0.1, 0.15) is 25.7 Å². The van der Waals surface area contributed by atoms with Gasteiger partial charge in [0.25, 0.3) is 0 Å². The third-order valence-electron chi connectivity index (χ3n) is 2.92. The number of methoxy groups -OCH3 is 1. The Bertz CT molecular complexity index is 221. The topological polar surface area (TPSA) is 38.7 Å². The van der Waals surface area contributed by atoms with Crippen molar-refractivity contribution in [1.82, 2.24) is 0 Å². The molecule has 0 amide bonds. The molecule has 0 aromatic rings. The predicted molar refractivity (Wildman–Crippen MR) is 52.8 cm³/mol. The minimum atomic E-state index is -0.562. The van der Waals surface area contributed by atoms with E-state index in [4.69, 9.17) is 9.47 Å². The van der Waals surface area contributed by atoms with Gasteiger partial charge in [-0.3, -0.25) is 0 Å². The van der Waals surface area contributed by atoms with E-state index in [2.05, 4.69) is 0 Å². The first-order valence-corrected chi connectivity index (χ1v) is 5.36. The molecule has 0 aromatic heterocycles. The quantitative estimate of drug-likeness (QED) is 0.743. The number of hydrogen-bond donors (Lipinski definition) is 1.